The lowest BCUT2D eigenvalue weighted by atomic mass is 10.2. The van der Waals surface area contributed by atoms with Crippen molar-refractivity contribution in [3.8, 4) is 0 Å². The lowest BCUT2D eigenvalue weighted by molar-refractivity contribution is 0.121. The molecule has 0 bridgehead atoms. The second-order valence-electron chi connectivity index (χ2n) is 5.73. The Labute approximate surface area is 140 Å². The molecule has 0 fully saturated rings. The standard InChI is InChI=1S/C19H19N3O2/c1-14(2)22-18(13-24-20-12-15-8-4-3-5-9-15)21-17-11-7-6-10-16(17)19(22)23/h3-12,14H,13H2,1-2H3. The maximum Gasteiger partial charge on any atom is 0.261 e. The molecule has 0 atom stereocenters. The molecule has 0 aliphatic rings. The predicted molar refractivity (Wildman–Crippen MR) is 95.2 cm³/mol. The predicted octanol–water partition coefficient (Wildman–Crippen LogP) is 3.53. The number of para-hydroxylation sites is 1. The van der Waals surface area contributed by atoms with Crippen LogP contribution in [0.15, 0.2) is 64.5 Å². The highest BCUT2D eigenvalue weighted by molar-refractivity contribution is 5.79. The zero-order valence-electron chi connectivity index (χ0n) is 13.7. The van der Waals surface area contributed by atoms with Crippen LogP contribution in [0.25, 0.3) is 10.9 Å². The molecule has 5 nitrogen and oxygen atoms in total. The Morgan fingerprint density at radius 3 is 2.58 bits per heavy atom. The number of oxime groups is 1. The van der Waals surface area contributed by atoms with Gasteiger partial charge in [-0.25, -0.2) is 4.98 Å². The van der Waals surface area contributed by atoms with Crippen LogP contribution in [0, 0.1) is 0 Å². The van der Waals surface area contributed by atoms with E-state index < -0.39 is 0 Å². The molecule has 3 aromatic rings. The number of benzene rings is 2. The average molecular weight is 321 g/mol. The summed E-state index contributed by atoms with van der Waals surface area (Å²) in [5.74, 6) is 0.568. The van der Waals surface area contributed by atoms with Gasteiger partial charge in [-0.1, -0.05) is 47.6 Å². The van der Waals surface area contributed by atoms with Gasteiger partial charge >= 0.3 is 0 Å². The van der Waals surface area contributed by atoms with E-state index in [9.17, 15) is 4.79 Å². The van der Waals surface area contributed by atoms with Crippen LogP contribution < -0.4 is 5.56 Å². The van der Waals surface area contributed by atoms with Crippen LogP contribution in [0.3, 0.4) is 0 Å². The summed E-state index contributed by atoms with van der Waals surface area (Å²) >= 11 is 0. The lowest BCUT2D eigenvalue weighted by Crippen LogP contribution is -2.27. The van der Waals surface area contributed by atoms with E-state index in [1.807, 2.05) is 62.4 Å². The van der Waals surface area contributed by atoms with Crippen LogP contribution in [-0.2, 0) is 11.4 Å². The van der Waals surface area contributed by atoms with E-state index >= 15 is 0 Å². The van der Waals surface area contributed by atoms with Crippen LogP contribution in [0.1, 0.15) is 31.3 Å². The summed E-state index contributed by atoms with van der Waals surface area (Å²) in [7, 11) is 0. The van der Waals surface area contributed by atoms with Crippen LogP contribution in [0.5, 0.6) is 0 Å². The Morgan fingerprint density at radius 1 is 1.12 bits per heavy atom. The van der Waals surface area contributed by atoms with Crippen molar-refractivity contribution < 1.29 is 4.84 Å². The first-order valence-electron chi connectivity index (χ1n) is 7.87. The SMILES string of the molecule is CC(C)n1c(CON=Cc2ccccc2)nc2ccccc2c1=O. The molecule has 0 aliphatic heterocycles. The Balaban J connectivity index is 1.87. The number of nitrogens with zero attached hydrogens (tertiary/aromatic N) is 3. The smallest absolute Gasteiger partial charge is 0.261 e. The first kappa shape index (κ1) is 15.9. The molecule has 0 radical (unpaired) electrons. The minimum Gasteiger partial charge on any atom is -0.388 e. The molecule has 0 spiro atoms. The van der Waals surface area contributed by atoms with Crippen molar-refractivity contribution in [1.82, 2.24) is 9.55 Å². The third-order valence-corrected chi connectivity index (χ3v) is 3.67. The molecule has 0 N–H and O–H groups in total. The lowest BCUT2D eigenvalue weighted by Gasteiger charge is -2.15. The van der Waals surface area contributed by atoms with Gasteiger partial charge in [-0.15, -0.1) is 0 Å². The van der Waals surface area contributed by atoms with E-state index in [-0.39, 0.29) is 18.2 Å². The third-order valence-electron chi connectivity index (χ3n) is 3.67. The van der Waals surface area contributed by atoms with Gasteiger partial charge in [0.1, 0.15) is 0 Å². The Hall–Kier alpha value is -2.95. The maximum atomic E-state index is 12.7. The first-order valence-corrected chi connectivity index (χ1v) is 7.87. The van der Waals surface area contributed by atoms with Gasteiger partial charge in [-0.05, 0) is 31.5 Å². The Bertz CT molecular complexity index is 915. The second kappa shape index (κ2) is 7.08. The van der Waals surface area contributed by atoms with E-state index in [0.29, 0.717) is 16.7 Å². The van der Waals surface area contributed by atoms with Crippen LogP contribution in [0.2, 0.25) is 0 Å². The Kier molecular flexibility index (Phi) is 4.70. The first-order chi connectivity index (χ1) is 11.7. The van der Waals surface area contributed by atoms with Crippen molar-refractivity contribution in [3.63, 3.8) is 0 Å². The van der Waals surface area contributed by atoms with E-state index in [1.54, 1.807) is 16.8 Å². The van der Waals surface area contributed by atoms with Crippen LogP contribution in [-0.4, -0.2) is 15.8 Å². The quantitative estimate of drug-likeness (QED) is 0.533. The van der Waals surface area contributed by atoms with E-state index in [2.05, 4.69) is 10.1 Å². The highest BCUT2D eigenvalue weighted by atomic mass is 16.6. The van der Waals surface area contributed by atoms with E-state index in [1.165, 1.54) is 0 Å². The average Bonchev–Trinajstić information content (AvgIpc) is 2.59. The summed E-state index contributed by atoms with van der Waals surface area (Å²) < 4.78 is 1.65. The molecule has 3 rings (SSSR count). The maximum absolute atomic E-state index is 12.7. The number of hydrogen-bond donors (Lipinski definition) is 0. The molecule has 24 heavy (non-hydrogen) atoms. The summed E-state index contributed by atoms with van der Waals surface area (Å²) in [6, 6.07) is 17.0. The molecule has 2 aromatic carbocycles. The zero-order chi connectivity index (χ0) is 16.9. The minimum absolute atomic E-state index is 0.00805. The number of aromatic nitrogens is 2. The molecular weight excluding hydrogens is 302 g/mol. The van der Waals surface area contributed by atoms with Crippen molar-refractivity contribution in [2.45, 2.75) is 26.5 Å². The monoisotopic (exact) mass is 321 g/mol. The van der Waals surface area contributed by atoms with Crippen LogP contribution >= 0.6 is 0 Å². The largest absolute Gasteiger partial charge is 0.388 e. The van der Waals surface area contributed by atoms with Crippen LogP contribution in [0.4, 0.5) is 0 Å². The molecule has 0 aliphatic carbocycles. The summed E-state index contributed by atoms with van der Waals surface area (Å²) in [6.07, 6.45) is 1.64. The molecule has 1 aromatic heterocycles. The van der Waals surface area contributed by atoms with Gasteiger partial charge in [-0.2, -0.15) is 0 Å². The molecule has 5 heteroatoms. The van der Waals surface area contributed by atoms with Crippen molar-refractivity contribution >= 4 is 17.1 Å². The zero-order valence-corrected chi connectivity index (χ0v) is 13.7. The van der Waals surface area contributed by atoms with Gasteiger partial charge in [0.2, 0.25) is 0 Å². The van der Waals surface area contributed by atoms with Crippen molar-refractivity contribution in [2.75, 3.05) is 0 Å². The van der Waals surface area contributed by atoms with Gasteiger partial charge in [-0.3, -0.25) is 9.36 Å². The molecule has 0 saturated heterocycles. The number of rotatable bonds is 5. The minimum atomic E-state index is -0.0544. The van der Waals surface area contributed by atoms with E-state index in [4.69, 9.17) is 4.84 Å². The van der Waals surface area contributed by atoms with Crippen molar-refractivity contribution in [2.24, 2.45) is 5.16 Å². The number of fused-ring (bicyclic) bond motifs is 1. The fraction of sp³-hybridized carbons (Fsp3) is 0.211. The normalized spacial score (nSPS) is 11.5. The highest BCUT2D eigenvalue weighted by Crippen LogP contribution is 2.12. The molecule has 122 valence electrons. The topological polar surface area (TPSA) is 56.5 Å². The van der Waals surface area contributed by atoms with Crippen molar-refractivity contribution in [1.29, 1.82) is 0 Å². The molecule has 0 amide bonds. The summed E-state index contributed by atoms with van der Waals surface area (Å²) in [5, 5.41) is 4.58. The van der Waals surface area contributed by atoms with Gasteiger partial charge in [0, 0.05) is 6.04 Å². The fourth-order valence-corrected chi connectivity index (χ4v) is 2.56. The summed E-state index contributed by atoms with van der Waals surface area (Å²) in [4.78, 5) is 22.6. The second-order valence-corrected chi connectivity index (χ2v) is 5.73. The highest BCUT2D eigenvalue weighted by Gasteiger charge is 2.13. The molecule has 0 saturated carbocycles. The van der Waals surface area contributed by atoms with Gasteiger partial charge in [0.05, 0.1) is 17.1 Å². The molecule has 0 unspecified atom stereocenters. The molecule has 1 heterocycles. The summed E-state index contributed by atoms with van der Waals surface area (Å²) in [6.45, 7) is 4.05. The summed E-state index contributed by atoms with van der Waals surface area (Å²) in [5.41, 5.74) is 1.57. The van der Waals surface area contributed by atoms with E-state index in [0.717, 1.165) is 5.56 Å². The van der Waals surface area contributed by atoms with Gasteiger partial charge in [0.25, 0.3) is 5.56 Å². The van der Waals surface area contributed by atoms with Gasteiger partial charge < -0.3 is 4.84 Å². The molecular formula is C19H19N3O2. The number of hydrogen-bond acceptors (Lipinski definition) is 4. The van der Waals surface area contributed by atoms with Gasteiger partial charge in [0.15, 0.2) is 12.4 Å². The third kappa shape index (κ3) is 3.35. The van der Waals surface area contributed by atoms with Crippen molar-refractivity contribution in [3.05, 3.63) is 76.3 Å². The fourth-order valence-electron chi connectivity index (χ4n) is 2.56. The Morgan fingerprint density at radius 2 is 1.83 bits per heavy atom.